The predicted molar refractivity (Wildman–Crippen MR) is 83.2 cm³/mol. The Morgan fingerprint density at radius 2 is 1.86 bits per heavy atom. The molecule has 0 saturated heterocycles. The Morgan fingerprint density at radius 1 is 1.14 bits per heavy atom. The van der Waals surface area contributed by atoms with Gasteiger partial charge in [0.1, 0.15) is 5.58 Å². The van der Waals surface area contributed by atoms with Crippen LogP contribution in [-0.4, -0.2) is 5.78 Å². The van der Waals surface area contributed by atoms with Gasteiger partial charge in [0.05, 0.1) is 0 Å². The summed E-state index contributed by atoms with van der Waals surface area (Å²) in [5, 5.41) is 0.909. The van der Waals surface area contributed by atoms with Crippen LogP contribution in [0.5, 0.6) is 0 Å². The second-order valence-electron chi connectivity index (χ2n) is 4.83. The van der Waals surface area contributed by atoms with E-state index in [0.717, 1.165) is 10.9 Å². The van der Waals surface area contributed by atoms with Crippen molar-refractivity contribution in [3.05, 3.63) is 84.1 Å². The van der Waals surface area contributed by atoms with Gasteiger partial charge in [-0.2, -0.15) is 0 Å². The van der Waals surface area contributed by atoms with Crippen LogP contribution in [-0.2, 0) is 0 Å². The minimum atomic E-state index is -0.380. The summed E-state index contributed by atoms with van der Waals surface area (Å²) in [4.78, 5) is 12.7. The molecule has 104 valence electrons. The molecule has 1 atom stereocenters. The van der Waals surface area contributed by atoms with Gasteiger partial charge in [0, 0.05) is 17.0 Å². The summed E-state index contributed by atoms with van der Waals surface area (Å²) in [6, 6.07) is 16.2. The first-order valence-electron chi connectivity index (χ1n) is 6.71. The van der Waals surface area contributed by atoms with Gasteiger partial charge in [-0.3, -0.25) is 4.79 Å². The number of carbonyl (C=O) groups is 1. The van der Waals surface area contributed by atoms with Crippen LogP contribution in [0.2, 0.25) is 0 Å². The number of ketones is 1. The van der Waals surface area contributed by atoms with Crippen LogP contribution in [0.4, 0.5) is 0 Å². The third-order valence-corrected chi connectivity index (χ3v) is 3.47. The molecule has 3 nitrogen and oxygen atoms in total. The quantitative estimate of drug-likeness (QED) is 0.582. The topological polar surface area (TPSA) is 56.2 Å². The first-order valence-corrected chi connectivity index (χ1v) is 6.71. The normalized spacial score (nSPS) is 12.2. The minimum Gasteiger partial charge on any atom is -0.453 e. The lowest BCUT2D eigenvalue weighted by molar-refractivity contribution is 0.101. The summed E-state index contributed by atoms with van der Waals surface area (Å²) in [7, 11) is 0. The second kappa shape index (κ2) is 5.38. The molecule has 2 aromatic carbocycles. The smallest absolute Gasteiger partial charge is 0.228 e. The number of fused-ring (bicyclic) bond motifs is 1. The van der Waals surface area contributed by atoms with Crippen molar-refractivity contribution in [2.45, 2.75) is 6.04 Å². The molecule has 3 heteroatoms. The molecule has 1 heterocycles. The van der Waals surface area contributed by atoms with Crippen molar-refractivity contribution in [2.24, 2.45) is 5.73 Å². The zero-order valence-electron chi connectivity index (χ0n) is 11.5. The van der Waals surface area contributed by atoms with Crippen molar-refractivity contribution in [2.75, 3.05) is 0 Å². The first-order chi connectivity index (χ1) is 10.2. The molecule has 2 N–H and O–H groups in total. The molecule has 0 radical (unpaired) electrons. The van der Waals surface area contributed by atoms with Crippen LogP contribution < -0.4 is 5.73 Å². The third-order valence-electron chi connectivity index (χ3n) is 3.47. The highest BCUT2D eigenvalue weighted by molar-refractivity contribution is 6.10. The Bertz CT molecular complexity index is 784. The van der Waals surface area contributed by atoms with Crippen molar-refractivity contribution in [3.8, 4) is 0 Å². The maximum absolute atomic E-state index is 12.7. The van der Waals surface area contributed by atoms with E-state index in [9.17, 15) is 4.79 Å². The van der Waals surface area contributed by atoms with E-state index in [1.165, 1.54) is 0 Å². The van der Waals surface area contributed by atoms with Crippen molar-refractivity contribution in [1.29, 1.82) is 0 Å². The summed E-state index contributed by atoms with van der Waals surface area (Å²) in [5.74, 6) is 0.152. The molecule has 0 aliphatic carbocycles. The van der Waals surface area contributed by atoms with Crippen LogP contribution in [0.15, 0.2) is 71.7 Å². The highest BCUT2D eigenvalue weighted by Crippen LogP contribution is 2.24. The molecule has 0 bridgehead atoms. The van der Waals surface area contributed by atoms with Crippen molar-refractivity contribution in [1.82, 2.24) is 0 Å². The van der Waals surface area contributed by atoms with Crippen LogP contribution in [0, 0.1) is 0 Å². The Labute approximate surface area is 122 Å². The van der Waals surface area contributed by atoms with Gasteiger partial charge in [0.25, 0.3) is 0 Å². The van der Waals surface area contributed by atoms with E-state index in [-0.39, 0.29) is 11.8 Å². The lowest BCUT2D eigenvalue weighted by atomic mass is 9.97. The van der Waals surface area contributed by atoms with E-state index >= 15 is 0 Å². The average molecular weight is 277 g/mol. The average Bonchev–Trinajstić information content (AvgIpc) is 2.97. The number of nitrogens with two attached hydrogens (primary N) is 1. The summed E-state index contributed by atoms with van der Waals surface area (Å²) in [6.45, 7) is 3.69. The number of para-hydroxylation sites is 1. The largest absolute Gasteiger partial charge is 0.453 e. The summed E-state index contributed by atoms with van der Waals surface area (Å²) >= 11 is 0. The molecule has 0 spiro atoms. The molecule has 0 aliphatic rings. The van der Waals surface area contributed by atoms with Crippen LogP contribution in [0.1, 0.15) is 27.7 Å². The van der Waals surface area contributed by atoms with E-state index in [1.54, 1.807) is 18.2 Å². The Hall–Kier alpha value is -2.65. The van der Waals surface area contributed by atoms with Gasteiger partial charge in [-0.25, -0.2) is 0 Å². The number of furan rings is 1. The number of carbonyl (C=O) groups excluding carboxylic acids is 1. The van der Waals surface area contributed by atoms with E-state index in [0.29, 0.717) is 16.9 Å². The molecule has 1 unspecified atom stereocenters. The summed E-state index contributed by atoms with van der Waals surface area (Å²) in [5.41, 5.74) is 7.98. The standard InChI is InChI=1S/C18H15NO2/c1-2-15(19)13-8-4-5-9-14(13)18(20)17-11-12-7-3-6-10-16(12)21-17/h2-11,15H,1,19H2. The molecule has 0 saturated carbocycles. The molecule has 0 amide bonds. The van der Waals surface area contributed by atoms with Gasteiger partial charge < -0.3 is 10.2 Å². The fraction of sp³-hybridized carbons (Fsp3) is 0.0556. The zero-order chi connectivity index (χ0) is 14.8. The fourth-order valence-corrected chi connectivity index (χ4v) is 2.35. The molecular weight excluding hydrogens is 262 g/mol. The van der Waals surface area contributed by atoms with E-state index in [4.69, 9.17) is 10.2 Å². The number of hydrogen-bond acceptors (Lipinski definition) is 3. The Kier molecular flexibility index (Phi) is 3.42. The second-order valence-corrected chi connectivity index (χ2v) is 4.83. The third kappa shape index (κ3) is 2.39. The van der Waals surface area contributed by atoms with E-state index in [2.05, 4.69) is 6.58 Å². The maximum atomic E-state index is 12.7. The van der Waals surface area contributed by atoms with E-state index in [1.807, 2.05) is 42.5 Å². The molecule has 0 fully saturated rings. The SMILES string of the molecule is C=CC(N)c1ccccc1C(=O)c1cc2ccccc2o1. The van der Waals surface area contributed by atoms with E-state index < -0.39 is 0 Å². The minimum absolute atomic E-state index is 0.167. The Balaban J connectivity index is 2.08. The van der Waals surface area contributed by atoms with Gasteiger partial charge in [-0.15, -0.1) is 6.58 Å². The molecule has 0 aliphatic heterocycles. The van der Waals surface area contributed by atoms with Crippen LogP contribution in [0.3, 0.4) is 0 Å². The summed E-state index contributed by atoms with van der Waals surface area (Å²) in [6.07, 6.45) is 1.62. The van der Waals surface area contributed by atoms with Crippen molar-refractivity contribution < 1.29 is 9.21 Å². The number of hydrogen-bond donors (Lipinski definition) is 1. The molecule has 3 aromatic rings. The predicted octanol–water partition coefficient (Wildman–Crippen LogP) is 3.85. The van der Waals surface area contributed by atoms with Crippen molar-refractivity contribution >= 4 is 16.8 Å². The monoisotopic (exact) mass is 277 g/mol. The fourth-order valence-electron chi connectivity index (χ4n) is 2.35. The van der Waals surface area contributed by atoms with Crippen molar-refractivity contribution in [3.63, 3.8) is 0 Å². The molecule has 21 heavy (non-hydrogen) atoms. The molecule has 1 aromatic heterocycles. The van der Waals surface area contributed by atoms with Gasteiger partial charge in [0.2, 0.25) is 5.78 Å². The molecule has 3 rings (SSSR count). The van der Waals surface area contributed by atoms with Gasteiger partial charge >= 0.3 is 0 Å². The first kappa shape index (κ1) is 13.3. The highest BCUT2D eigenvalue weighted by atomic mass is 16.3. The van der Waals surface area contributed by atoms with Crippen LogP contribution >= 0.6 is 0 Å². The van der Waals surface area contributed by atoms with Gasteiger partial charge in [-0.05, 0) is 17.7 Å². The lowest BCUT2D eigenvalue weighted by Gasteiger charge is -2.11. The lowest BCUT2D eigenvalue weighted by Crippen LogP contribution is -2.13. The van der Waals surface area contributed by atoms with Crippen LogP contribution in [0.25, 0.3) is 11.0 Å². The van der Waals surface area contributed by atoms with Gasteiger partial charge in [0.15, 0.2) is 5.76 Å². The molecular formula is C18H15NO2. The van der Waals surface area contributed by atoms with Gasteiger partial charge in [-0.1, -0.05) is 48.5 Å². The highest BCUT2D eigenvalue weighted by Gasteiger charge is 2.19. The number of benzene rings is 2. The summed E-state index contributed by atoms with van der Waals surface area (Å²) < 4.78 is 5.64. The number of rotatable bonds is 4. The zero-order valence-corrected chi connectivity index (χ0v) is 11.5. The Morgan fingerprint density at radius 3 is 2.62 bits per heavy atom. The maximum Gasteiger partial charge on any atom is 0.228 e.